The number of fused-ring (bicyclic) bond motifs is 1. The zero-order valence-electron chi connectivity index (χ0n) is 32.4. The van der Waals surface area contributed by atoms with E-state index in [0.29, 0.717) is 60.4 Å². The molecule has 1 aliphatic rings. The van der Waals surface area contributed by atoms with Crippen LogP contribution in [0.25, 0.3) is 44.2 Å². The van der Waals surface area contributed by atoms with E-state index in [1.807, 2.05) is 67.6 Å². The number of aryl methyl sites for hydroxylation is 2. The standard InChI is InChI=1S/C49H44ClF2N3O3/c1-2-39(40-22-18-35(50)26-43(40)52)47(33-17-23-44-34(25-33)29-53-55-44)31-15-20-38(21-16-31)58-24-5-3-4-7-37(56)19-12-30-10-13-32(14-11-30)49-41-8-6-9-46(57)42-27-36(51)28-45(54-49)48(41)42/h10-11,13-18,20-23,25-29,54H,2-9,12,19,24H2,1H3,(H,53,55)/b47-39+. The lowest BCUT2D eigenvalue weighted by molar-refractivity contribution is -0.119. The Kier molecular flexibility index (Phi) is 11.6. The summed E-state index contributed by atoms with van der Waals surface area (Å²) in [6.45, 7) is 2.57. The Labute approximate surface area is 341 Å². The van der Waals surface area contributed by atoms with Crippen LogP contribution in [-0.2, 0) is 17.6 Å². The average molecular weight is 796 g/mol. The first-order valence-electron chi connectivity index (χ1n) is 20.1. The van der Waals surface area contributed by atoms with Crippen molar-refractivity contribution >= 4 is 56.1 Å². The van der Waals surface area contributed by atoms with Gasteiger partial charge in [-0.3, -0.25) is 14.7 Å². The van der Waals surface area contributed by atoms with Crippen LogP contribution < -0.4 is 4.74 Å². The van der Waals surface area contributed by atoms with E-state index < -0.39 is 5.82 Å². The summed E-state index contributed by atoms with van der Waals surface area (Å²) in [4.78, 5) is 28.8. The fourth-order valence-corrected chi connectivity index (χ4v) is 8.41. The van der Waals surface area contributed by atoms with Crippen LogP contribution in [-0.4, -0.2) is 33.4 Å². The lowest BCUT2D eigenvalue weighted by Gasteiger charge is -2.17. The highest BCUT2D eigenvalue weighted by Crippen LogP contribution is 2.39. The Morgan fingerprint density at radius 1 is 0.845 bits per heavy atom. The number of carbonyl (C=O) groups excluding carboxylic acids is 2. The number of allylic oxidation sites excluding steroid dienone is 1. The Morgan fingerprint density at radius 3 is 2.45 bits per heavy atom. The van der Waals surface area contributed by atoms with Gasteiger partial charge in [0.15, 0.2) is 5.78 Å². The molecule has 2 heterocycles. The number of Topliss-reactive ketones (excluding diaryl/α,β-unsaturated/α-hetero) is 2. The molecule has 7 aromatic rings. The maximum atomic E-state index is 15.3. The summed E-state index contributed by atoms with van der Waals surface area (Å²) in [5.74, 6) is 0.219. The van der Waals surface area contributed by atoms with Gasteiger partial charge in [-0.1, -0.05) is 67.1 Å². The highest BCUT2D eigenvalue weighted by molar-refractivity contribution is 6.30. The second-order valence-electron chi connectivity index (χ2n) is 15.1. The van der Waals surface area contributed by atoms with Gasteiger partial charge in [-0.05, 0) is 132 Å². The van der Waals surface area contributed by atoms with Crippen LogP contribution >= 0.6 is 11.6 Å². The smallest absolute Gasteiger partial charge is 0.163 e. The molecule has 0 saturated heterocycles. The van der Waals surface area contributed by atoms with Crippen LogP contribution in [0, 0.1) is 11.6 Å². The van der Waals surface area contributed by atoms with Crippen molar-refractivity contribution in [2.24, 2.45) is 0 Å². The number of aromatic nitrogens is 3. The minimum atomic E-state index is -0.408. The van der Waals surface area contributed by atoms with E-state index in [9.17, 15) is 14.0 Å². The van der Waals surface area contributed by atoms with E-state index in [1.165, 1.54) is 18.2 Å². The number of hydrogen-bond donors (Lipinski definition) is 2. The molecule has 0 atom stereocenters. The Hall–Kier alpha value is -5.86. The molecule has 2 aromatic heterocycles. The number of nitrogens with zero attached hydrogens (tertiary/aromatic N) is 1. The van der Waals surface area contributed by atoms with Crippen LogP contribution in [0.15, 0.2) is 103 Å². The summed E-state index contributed by atoms with van der Waals surface area (Å²) in [6, 6.07) is 29.8. The number of nitrogens with one attached hydrogen (secondary N) is 2. The molecule has 0 fully saturated rings. The van der Waals surface area contributed by atoms with Crippen LogP contribution in [0.5, 0.6) is 5.75 Å². The van der Waals surface area contributed by atoms with Gasteiger partial charge >= 0.3 is 0 Å². The summed E-state index contributed by atoms with van der Waals surface area (Å²) in [6.07, 6.45) is 8.54. The number of aromatic amines is 2. The minimum Gasteiger partial charge on any atom is -0.494 e. The molecule has 0 spiro atoms. The number of carbonyl (C=O) groups is 2. The average Bonchev–Trinajstić information content (AvgIpc) is 3.81. The van der Waals surface area contributed by atoms with E-state index in [-0.39, 0.29) is 17.4 Å². The number of unbranched alkanes of at least 4 members (excludes halogenated alkanes) is 2. The van der Waals surface area contributed by atoms with Gasteiger partial charge in [-0.2, -0.15) is 5.10 Å². The lowest BCUT2D eigenvalue weighted by Crippen LogP contribution is -2.02. The quantitative estimate of drug-likeness (QED) is 0.0799. The van der Waals surface area contributed by atoms with Gasteiger partial charge in [0.2, 0.25) is 0 Å². The van der Waals surface area contributed by atoms with E-state index in [2.05, 4.69) is 21.2 Å². The van der Waals surface area contributed by atoms with Crippen molar-refractivity contribution in [3.63, 3.8) is 0 Å². The number of H-pyrrole nitrogens is 2. The van der Waals surface area contributed by atoms with Crippen molar-refractivity contribution in [2.45, 2.75) is 71.1 Å². The summed E-state index contributed by atoms with van der Waals surface area (Å²) in [5.41, 5.74) is 10.4. The molecule has 8 rings (SSSR count). The third-order valence-corrected chi connectivity index (χ3v) is 11.4. The summed E-state index contributed by atoms with van der Waals surface area (Å²) >= 11 is 6.10. The molecule has 294 valence electrons. The van der Waals surface area contributed by atoms with Crippen molar-refractivity contribution < 1.29 is 23.1 Å². The molecule has 6 nitrogen and oxygen atoms in total. The first kappa shape index (κ1) is 39.0. The third-order valence-electron chi connectivity index (χ3n) is 11.2. The number of hydrogen-bond acceptors (Lipinski definition) is 4. The number of ether oxygens (including phenoxy) is 1. The van der Waals surface area contributed by atoms with Crippen molar-refractivity contribution in [2.75, 3.05) is 6.61 Å². The molecular weight excluding hydrogens is 752 g/mol. The summed E-state index contributed by atoms with van der Waals surface area (Å²) < 4.78 is 35.7. The molecule has 0 bridgehead atoms. The van der Waals surface area contributed by atoms with Crippen LogP contribution in [0.1, 0.15) is 96.5 Å². The maximum absolute atomic E-state index is 15.3. The normalized spacial score (nSPS) is 13.2. The lowest BCUT2D eigenvalue weighted by atomic mass is 9.87. The van der Waals surface area contributed by atoms with E-state index >= 15 is 4.39 Å². The van der Waals surface area contributed by atoms with E-state index in [4.69, 9.17) is 16.3 Å². The highest BCUT2D eigenvalue weighted by Gasteiger charge is 2.24. The van der Waals surface area contributed by atoms with Gasteiger partial charge < -0.3 is 9.72 Å². The van der Waals surface area contributed by atoms with Crippen molar-refractivity contribution in [1.29, 1.82) is 0 Å². The van der Waals surface area contributed by atoms with Gasteiger partial charge in [0.05, 0.1) is 18.3 Å². The number of halogens is 3. The Morgan fingerprint density at radius 2 is 1.66 bits per heavy atom. The summed E-state index contributed by atoms with van der Waals surface area (Å²) in [7, 11) is 0. The van der Waals surface area contributed by atoms with Crippen molar-refractivity contribution in [3.8, 4) is 17.0 Å². The molecular formula is C49H44ClF2N3O3. The predicted molar refractivity (Wildman–Crippen MR) is 228 cm³/mol. The van der Waals surface area contributed by atoms with Gasteiger partial charge in [0.25, 0.3) is 0 Å². The minimum absolute atomic E-state index is 0.00868. The predicted octanol–water partition coefficient (Wildman–Crippen LogP) is 12.7. The fourth-order valence-electron chi connectivity index (χ4n) is 8.25. The fraction of sp³-hybridized carbons (Fsp3) is 0.245. The second kappa shape index (κ2) is 17.3. The van der Waals surface area contributed by atoms with Gasteiger partial charge in [0.1, 0.15) is 23.2 Å². The first-order valence-corrected chi connectivity index (χ1v) is 20.5. The molecule has 58 heavy (non-hydrogen) atoms. The molecule has 0 saturated carbocycles. The molecule has 0 unspecified atom stereocenters. The molecule has 0 radical (unpaired) electrons. The van der Waals surface area contributed by atoms with Gasteiger partial charge in [-0.15, -0.1) is 0 Å². The largest absolute Gasteiger partial charge is 0.494 e. The topological polar surface area (TPSA) is 87.8 Å². The zero-order valence-corrected chi connectivity index (χ0v) is 33.2. The van der Waals surface area contributed by atoms with Crippen molar-refractivity contribution in [3.05, 3.63) is 153 Å². The van der Waals surface area contributed by atoms with E-state index in [0.717, 1.165) is 98.8 Å². The van der Waals surface area contributed by atoms with Crippen LogP contribution in [0.3, 0.4) is 0 Å². The molecule has 9 heteroatoms. The van der Waals surface area contributed by atoms with Crippen LogP contribution in [0.4, 0.5) is 8.78 Å². The van der Waals surface area contributed by atoms with Crippen LogP contribution in [0.2, 0.25) is 5.02 Å². The SMILES string of the molecule is CC/C(=C(/c1ccc(OCCCCCC(=O)CCc2ccc(-c3[nH]c4cc(F)cc5c4c3CCCC5=O)cc2)cc1)c1ccc2[nH]ncc2c1)c1ccc(Cl)cc1F. The van der Waals surface area contributed by atoms with Gasteiger partial charge in [0, 0.05) is 57.4 Å². The Bertz CT molecular complexity index is 2660. The molecule has 0 aliphatic heterocycles. The monoisotopic (exact) mass is 795 g/mol. The van der Waals surface area contributed by atoms with Crippen molar-refractivity contribution in [1.82, 2.24) is 15.2 Å². The molecule has 0 amide bonds. The molecule has 5 aromatic carbocycles. The molecule has 1 aliphatic carbocycles. The third kappa shape index (κ3) is 8.39. The first-order chi connectivity index (χ1) is 28.2. The Balaban J connectivity index is 0.828. The summed E-state index contributed by atoms with van der Waals surface area (Å²) in [5, 5.41) is 9.34. The van der Waals surface area contributed by atoms with Gasteiger partial charge in [-0.25, -0.2) is 8.78 Å². The maximum Gasteiger partial charge on any atom is 0.163 e. The molecule has 2 N–H and O–H groups in total. The number of ketones is 2. The highest BCUT2D eigenvalue weighted by atomic mass is 35.5. The number of rotatable bonds is 15. The van der Waals surface area contributed by atoms with E-state index in [1.54, 1.807) is 18.3 Å². The zero-order chi connectivity index (χ0) is 40.2. The second-order valence-corrected chi connectivity index (χ2v) is 15.5. The number of benzene rings is 5.